The maximum absolute atomic E-state index is 6.42. The lowest BCUT2D eigenvalue weighted by molar-refractivity contribution is 0.278. The summed E-state index contributed by atoms with van der Waals surface area (Å²) >= 11 is 3.55. The zero-order valence-corrected chi connectivity index (χ0v) is 14.8. The van der Waals surface area contributed by atoms with Gasteiger partial charge in [0.05, 0.1) is 0 Å². The first-order valence-corrected chi connectivity index (χ1v) is 8.31. The maximum Gasteiger partial charge on any atom is 0.0485 e. The van der Waals surface area contributed by atoms with E-state index < -0.39 is 0 Å². The van der Waals surface area contributed by atoms with Gasteiger partial charge in [-0.25, -0.2) is 0 Å². The molecule has 1 aliphatic rings. The Bertz CT molecular complexity index is 697. The fourth-order valence-corrected chi connectivity index (χ4v) is 4.13. The Morgan fingerprint density at radius 2 is 1.95 bits per heavy atom. The summed E-state index contributed by atoms with van der Waals surface area (Å²) < 4.78 is 3.53. The first-order chi connectivity index (χ1) is 9.78. The molecule has 1 atom stereocenters. The molecule has 0 saturated carbocycles. The number of nitrogens with two attached hydrogens (primary N) is 1. The second-order valence-electron chi connectivity index (χ2n) is 7.11. The van der Waals surface area contributed by atoms with Crippen molar-refractivity contribution in [1.82, 2.24) is 4.57 Å². The molecule has 2 nitrogen and oxygen atoms in total. The molecule has 1 heterocycles. The monoisotopic (exact) mass is 346 g/mol. The molecule has 21 heavy (non-hydrogen) atoms. The van der Waals surface area contributed by atoms with Crippen LogP contribution in [0.25, 0.3) is 5.69 Å². The van der Waals surface area contributed by atoms with Crippen molar-refractivity contribution in [3.05, 3.63) is 51.3 Å². The predicted molar refractivity (Wildman–Crippen MR) is 92.0 cm³/mol. The van der Waals surface area contributed by atoms with Crippen LogP contribution >= 0.6 is 15.9 Å². The maximum atomic E-state index is 6.42. The highest BCUT2D eigenvalue weighted by Crippen LogP contribution is 2.42. The number of rotatable bonds is 1. The minimum atomic E-state index is 0.152. The topological polar surface area (TPSA) is 30.9 Å². The van der Waals surface area contributed by atoms with Crippen LogP contribution in [0.3, 0.4) is 0 Å². The molecule has 0 spiro atoms. The van der Waals surface area contributed by atoms with Gasteiger partial charge in [0.25, 0.3) is 0 Å². The van der Waals surface area contributed by atoms with Crippen molar-refractivity contribution in [2.24, 2.45) is 11.1 Å². The Morgan fingerprint density at radius 1 is 1.24 bits per heavy atom. The number of benzene rings is 1. The van der Waals surface area contributed by atoms with Crippen LogP contribution in [0, 0.1) is 19.3 Å². The third-order valence-electron chi connectivity index (χ3n) is 4.54. The number of hydrogen-bond acceptors (Lipinski definition) is 1. The molecule has 3 heteroatoms. The van der Waals surface area contributed by atoms with E-state index in [0.29, 0.717) is 0 Å². The van der Waals surface area contributed by atoms with Gasteiger partial charge in [0, 0.05) is 27.6 Å². The number of aromatic nitrogens is 1. The lowest BCUT2D eigenvalue weighted by Gasteiger charge is -2.34. The van der Waals surface area contributed by atoms with E-state index in [2.05, 4.69) is 72.5 Å². The average Bonchev–Trinajstić information content (AvgIpc) is 2.65. The average molecular weight is 347 g/mol. The van der Waals surface area contributed by atoms with Gasteiger partial charge in [-0.2, -0.15) is 0 Å². The van der Waals surface area contributed by atoms with Gasteiger partial charge in [-0.05, 0) is 67.5 Å². The summed E-state index contributed by atoms with van der Waals surface area (Å²) in [5, 5.41) is 0. The van der Waals surface area contributed by atoms with Gasteiger partial charge in [-0.3, -0.25) is 0 Å². The third kappa shape index (κ3) is 2.58. The Kier molecular flexibility index (Phi) is 3.53. The molecule has 0 aliphatic heterocycles. The van der Waals surface area contributed by atoms with Gasteiger partial charge < -0.3 is 10.3 Å². The molecule has 0 bridgehead atoms. The van der Waals surface area contributed by atoms with Crippen LogP contribution < -0.4 is 5.73 Å². The van der Waals surface area contributed by atoms with E-state index in [4.69, 9.17) is 5.73 Å². The summed E-state index contributed by atoms with van der Waals surface area (Å²) in [4.78, 5) is 0. The largest absolute Gasteiger partial charge is 0.324 e. The Labute approximate surface area is 135 Å². The van der Waals surface area contributed by atoms with Crippen molar-refractivity contribution in [2.45, 2.75) is 46.6 Å². The number of hydrogen-bond donors (Lipinski definition) is 1. The molecule has 1 unspecified atom stereocenters. The lowest BCUT2D eigenvalue weighted by atomic mass is 9.74. The van der Waals surface area contributed by atoms with Crippen molar-refractivity contribution >= 4 is 15.9 Å². The molecule has 2 aromatic rings. The second-order valence-corrected chi connectivity index (χ2v) is 8.02. The molecule has 1 aromatic carbocycles. The van der Waals surface area contributed by atoms with Gasteiger partial charge in [-0.15, -0.1) is 0 Å². The molecule has 3 rings (SSSR count). The van der Waals surface area contributed by atoms with Crippen LogP contribution in [0.1, 0.15) is 48.8 Å². The van der Waals surface area contributed by atoms with E-state index in [1.54, 1.807) is 0 Å². The Balaban J connectivity index is 2.21. The van der Waals surface area contributed by atoms with Gasteiger partial charge in [-0.1, -0.05) is 29.8 Å². The first kappa shape index (κ1) is 14.9. The standard InChI is InChI=1S/C18H23BrN2/c1-11-7-13(19)5-6-16(11)21-12(2)8-14-15(20)9-18(3,4)10-17(14)21/h5-8,15H,9-10,20H2,1-4H3. The summed E-state index contributed by atoms with van der Waals surface area (Å²) in [5.41, 5.74) is 13.2. The van der Waals surface area contributed by atoms with Gasteiger partial charge >= 0.3 is 0 Å². The molecule has 2 N–H and O–H groups in total. The quantitative estimate of drug-likeness (QED) is 0.787. The van der Waals surface area contributed by atoms with Gasteiger partial charge in [0.2, 0.25) is 0 Å². The van der Waals surface area contributed by atoms with E-state index >= 15 is 0 Å². The second kappa shape index (κ2) is 4.99. The van der Waals surface area contributed by atoms with Gasteiger partial charge in [0.15, 0.2) is 0 Å². The van der Waals surface area contributed by atoms with Crippen LogP contribution in [0.4, 0.5) is 0 Å². The van der Waals surface area contributed by atoms with Crippen LogP contribution in [0.15, 0.2) is 28.7 Å². The predicted octanol–water partition coefficient (Wildman–Crippen LogP) is 4.83. The smallest absolute Gasteiger partial charge is 0.0485 e. The summed E-state index contributed by atoms with van der Waals surface area (Å²) in [6.45, 7) is 8.98. The molecule has 0 radical (unpaired) electrons. The minimum absolute atomic E-state index is 0.152. The molecule has 1 aliphatic carbocycles. The summed E-state index contributed by atoms with van der Waals surface area (Å²) in [6.07, 6.45) is 2.14. The summed E-state index contributed by atoms with van der Waals surface area (Å²) in [5.74, 6) is 0. The first-order valence-electron chi connectivity index (χ1n) is 7.52. The molecule has 1 aromatic heterocycles. The van der Waals surface area contributed by atoms with E-state index in [1.807, 2.05) is 0 Å². The van der Waals surface area contributed by atoms with Crippen molar-refractivity contribution in [1.29, 1.82) is 0 Å². The van der Waals surface area contributed by atoms with E-state index in [-0.39, 0.29) is 11.5 Å². The van der Waals surface area contributed by atoms with Crippen molar-refractivity contribution in [3.8, 4) is 5.69 Å². The van der Waals surface area contributed by atoms with Crippen LogP contribution in [0.5, 0.6) is 0 Å². The molecule has 0 amide bonds. The fraction of sp³-hybridized carbons (Fsp3) is 0.444. The molecule has 0 saturated heterocycles. The summed E-state index contributed by atoms with van der Waals surface area (Å²) in [7, 11) is 0. The number of fused-ring (bicyclic) bond motifs is 1. The third-order valence-corrected chi connectivity index (χ3v) is 5.03. The van der Waals surface area contributed by atoms with E-state index in [9.17, 15) is 0 Å². The van der Waals surface area contributed by atoms with E-state index in [0.717, 1.165) is 17.3 Å². The lowest BCUT2D eigenvalue weighted by Crippen LogP contribution is -2.30. The Hall–Kier alpha value is -1.06. The normalized spacial score (nSPS) is 20.4. The zero-order chi connectivity index (χ0) is 15.4. The fourth-order valence-electron chi connectivity index (χ4n) is 3.65. The molecule has 112 valence electrons. The van der Waals surface area contributed by atoms with E-state index in [1.165, 1.54) is 28.2 Å². The molecule has 0 fully saturated rings. The number of nitrogens with zero attached hydrogens (tertiary/aromatic N) is 1. The van der Waals surface area contributed by atoms with Crippen molar-refractivity contribution in [2.75, 3.05) is 0 Å². The highest BCUT2D eigenvalue weighted by molar-refractivity contribution is 9.10. The van der Waals surface area contributed by atoms with Crippen molar-refractivity contribution < 1.29 is 0 Å². The zero-order valence-electron chi connectivity index (χ0n) is 13.2. The molecular weight excluding hydrogens is 324 g/mol. The Morgan fingerprint density at radius 3 is 2.62 bits per heavy atom. The summed E-state index contributed by atoms with van der Waals surface area (Å²) in [6, 6.07) is 8.91. The number of halogens is 1. The van der Waals surface area contributed by atoms with Crippen LogP contribution in [0.2, 0.25) is 0 Å². The van der Waals surface area contributed by atoms with Crippen LogP contribution in [-0.4, -0.2) is 4.57 Å². The number of aryl methyl sites for hydroxylation is 2. The van der Waals surface area contributed by atoms with Gasteiger partial charge in [0.1, 0.15) is 0 Å². The minimum Gasteiger partial charge on any atom is -0.324 e. The molecular formula is C18H23BrN2. The SMILES string of the molecule is Cc1cc(Br)ccc1-n1c(C)cc2c1CC(C)(C)CC2N. The van der Waals surface area contributed by atoms with Crippen LogP contribution in [-0.2, 0) is 6.42 Å². The highest BCUT2D eigenvalue weighted by Gasteiger charge is 2.33. The van der Waals surface area contributed by atoms with Crippen molar-refractivity contribution in [3.63, 3.8) is 0 Å². The highest BCUT2D eigenvalue weighted by atomic mass is 79.9.